The Morgan fingerprint density at radius 1 is 1.17 bits per heavy atom. The fourth-order valence-electron chi connectivity index (χ4n) is 1.78. The number of carboxylic acid groups (broad SMARTS) is 1. The minimum absolute atomic E-state index is 0.0125. The van der Waals surface area contributed by atoms with Crippen LogP contribution in [0, 0.1) is 0 Å². The second-order valence-electron chi connectivity index (χ2n) is 4.60. The Balaban J connectivity index is 1.91. The van der Waals surface area contributed by atoms with Gasteiger partial charge in [0, 0.05) is 4.47 Å². The van der Waals surface area contributed by atoms with E-state index < -0.39 is 11.9 Å². The number of nitrogens with one attached hydrogen (secondary N) is 2. The van der Waals surface area contributed by atoms with Crippen LogP contribution in [-0.2, 0) is 4.79 Å². The van der Waals surface area contributed by atoms with Crippen LogP contribution in [0.3, 0.4) is 0 Å². The number of carbonyl (C=O) groups is 2. The van der Waals surface area contributed by atoms with Crippen molar-refractivity contribution in [1.82, 2.24) is 5.32 Å². The molecule has 0 bridgehead atoms. The average molecular weight is 409 g/mol. The van der Waals surface area contributed by atoms with Crippen LogP contribution >= 0.6 is 28.1 Å². The number of aromatic carboxylic acids is 1. The zero-order valence-electron chi connectivity index (χ0n) is 12.3. The number of thiocarbonyl (C=S) groups is 1. The quantitative estimate of drug-likeness (QED) is 0.659. The van der Waals surface area contributed by atoms with Gasteiger partial charge in [0.05, 0.1) is 11.3 Å². The molecule has 1 amide bonds. The summed E-state index contributed by atoms with van der Waals surface area (Å²) in [4.78, 5) is 23.0. The molecule has 0 spiro atoms. The van der Waals surface area contributed by atoms with Crippen LogP contribution in [-0.4, -0.2) is 28.7 Å². The van der Waals surface area contributed by atoms with Crippen LogP contribution < -0.4 is 15.4 Å². The number of hydrogen-bond donors (Lipinski definition) is 3. The summed E-state index contributed by atoms with van der Waals surface area (Å²) in [5.41, 5.74) is 0.307. The molecule has 0 heterocycles. The smallest absolute Gasteiger partial charge is 0.337 e. The van der Waals surface area contributed by atoms with Gasteiger partial charge in [-0.3, -0.25) is 10.1 Å². The van der Waals surface area contributed by atoms with E-state index >= 15 is 0 Å². The van der Waals surface area contributed by atoms with Gasteiger partial charge in [-0.2, -0.15) is 0 Å². The Hall–Kier alpha value is -2.45. The molecule has 0 atom stereocenters. The maximum atomic E-state index is 11.8. The van der Waals surface area contributed by atoms with Gasteiger partial charge in [0.25, 0.3) is 5.91 Å². The molecule has 0 aliphatic carbocycles. The summed E-state index contributed by atoms with van der Waals surface area (Å²) in [6.07, 6.45) is 0. The van der Waals surface area contributed by atoms with E-state index in [1.54, 1.807) is 36.4 Å². The standard InChI is InChI=1S/C16H13BrN2O4S/c17-10-6-7-13(12(8-10)15(21)22)18-16(24)19-14(20)9-23-11-4-2-1-3-5-11/h1-8H,9H2,(H,21,22)(H2,18,19,20,24). The first-order chi connectivity index (χ1) is 11.5. The van der Waals surface area contributed by atoms with E-state index in [9.17, 15) is 14.7 Å². The van der Waals surface area contributed by atoms with Gasteiger partial charge >= 0.3 is 5.97 Å². The van der Waals surface area contributed by atoms with Crippen molar-refractivity contribution in [2.24, 2.45) is 0 Å². The summed E-state index contributed by atoms with van der Waals surface area (Å²) < 4.78 is 5.92. The molecule has 2 rings (SSSR count). The second-order valence-corrected chi connectivity index (χ2v) is 5.92. The summed E-state index contributed by atoms with van der Waals surface area (Å²) in [5, 5.41) is 14.3. The van der Waals surface area contributed by atoms with E-state index in [1.807, 2.05) is 6.07 Å². The molecule has 2 aromatic carbocycles. The topological polar surface area (TPSA) is 87.7 Å². The van der Waals surface area contributed by atoms with Gasteiger partial charge in [-0.15, -0.1) is 0 Å². The summed E-state index contributed by atoms with van der Waals surface area (Å²) in [6.45, 7) is -0.210. The number of ether oxygens (including phenoxy) is 1. The molecule has 24 heavy (non-hydrogen) atoms. The number of hydrogen-bond acceptors (Lipinski definition) is 4. The highest BCUT2D eigenvalue weighted by Gasteiger charge is 2.13. The van der Waals surface area contributed by atoms with Crippen molar-refractivity contribution in [2.75, 3.05) is 11.9 Å². The van der Waals surface area contributed by atoms with Crippen molar-refractivity contribution in [3.63, 3.8) is 0 Å². The number of rotatable bonds is 5. The zero-order valence-corrected chi connectivity index (χ0v) is 14.7. The van der Waals surface area contributed by atoms with Crippen molar-refractivity contribution in [1.29, 1.82) is 0 Å². The van der Waals surface area contributed by atoms with Crippen molar-refractivity contribution in [3.8, 4) is 5.75 Å². The first kappa shape index (κ1) is 17.9. The second kappa shape index (κ2) is 8.42. The predicted octanol–water partition coefficient (Wildman–Crippen LogP) is 3.04. The molecule has 2 aromatic rings. The largest absolute Gasteiger partial charge is 0.484 e. The van der Waals surface area contributed by atoms with Crippen LogP contribution in [0.1, 0.15) is 10.4 Å². The highest BCUT2D eigenvalue weighted by Crippen LogP contribution is 2.21. The van der Waals surface area contributed by atoms with Crippen LogP contribution in [0.4, 0.5) is 5.69 Å². The first-order valence-electron chi connectivity index (χ1n) is 6.77. The Kier molecular flexibility index (Phi) is 6.28. The zero-order chi connectivity index (χ0) is 17.5. The maximum absolute atomic E-state index is 11.8. The Labute approximate surface area is 152 Å². The lowest BCUT2D eigenvalue weighted by molar-refractivity contribution is -0.121. The lowest BCUT2D eigenvalue weighted by Gasteiger charge is -2.12. The number of carboxylic acids is 1. The van der Waals surface area contributed by atoms with Gasteiger partial charge in [0.1, 0.15) is 5.75 Å². The molecule has 0 aliphatic rings. The number of halogens is 1. The van der Waals surface area contributed by atoms with Crippen LogP contribution in [0.2, 0.25) is 0 Å². The van der Waals surface area contributed by atoms with Crippen molar-refractivity contribution in [3.05, 3.63) is 58.6 Å². The fraction of sp³-hybridized carbons (Fsp3) is 0.0625. The molecular formula is C16H13BrN2O4S. The minimum atomic E-state index is -1.11. The molecule has 0 unspecified atom stereocenters. The first-order valence-corrected chi connectivity index (χ1v) is 7.97. The fourth-order valence-corrected chi connectivity index (χ4v) is 2.37. The number of anilines is 1. The summed E-state index contributed by atoms with van der Waals surface area (Å²) in [6, 6.07) is 13.5. The van der Waals surface area contributed by atoms with E-state index in [1.165, 1.54) is 6.07 Å². The van der Waals surface area contributed by atoms with E-state index in [0.717, 1.165) is 0 Å². The molecule has 124 valence electrons. The van der Waals surface area contributed by atoms with Gasteiger partial charge in [-0.05, 0) is 42.5 Å². The lowest BCUT2D eigenvalue weighted by Crippen LogP contribution is -2.37. The van der Waals surface area contributed by atoms with Gasteiger partial charge in [-0.1, -0.05) is 34.1 Å². The third-order valence-corrected chi connectivity index (χ3v) is 3.52. The number of amides is 1. The highest BCUT2D eigenvalue weighted by atomic mass is 79.9. The SMILES string of the molecule is O=C(COc1ccccc1)NC(=S)Nc1ccc(Br)cc1C(=O)O. The van der Waals surface area contributed by atoms with Gasteiger partial charge < -0.3 is 15.2 Å². The van der Waals surface area contributed by atoms with E-state index in [-0.39, 0.29) is 23.0 Å². The highest BCUT2D eigenvalue weighted by molar-refractivity contribution is 9.10. The van der Waals surface area contributed by atoms with E-state index in [4.69, 9.17) is 17.0 Å². The lowest BCUT2D eigenvalue weighted by atomic mass is 10.2. The molecule has 0 aromatic heterocycles. The van der Waals surface area contributed by atoms with Crippen LogP contribution in [0.5, 0.6) is 5.75 Å². The van der Waals surface area contributed by atoms with Crippen molar-refractivity contribution in [2.45, 2.75) is 0 Å². The summed E-state index contributed by atoms with van der Waals surface area (Å²) in [5.74, 6) is -1.00. The van der Waals surface area contributed by atoms with Gasteiger partial charge in [0.15, 0.2) is 11.7 Å². The Morgan fingerprint density at radius 2 is 1.88 bits per heavy atom. The third-order valence-electron chi connectivity index (χ3n) is 2.83. The molecule has 3 N–H and O–H groups in total. The van der Waals surface area contributed by atoms with E-state index in [2.05, 4.69) is 26.6 Å². The third kappa shape index (κ3) is 5.32. The number of benzene rings is 2. The number of para-hydroxylation sites is 1. The van der Waals surface area contributed by atoms with Crippen LogP contribution in [0.15, 0.2) is 53.0 Å². The van der Waals surface area contributed by atoms with Crippen LogP contribution in [0.25, 0.3) is 0 Å². The Bertz CT molecular complexity index is 768. The predicted molar refractivity (Wildman–Crippen MR) is 97.4 cm³/mol. The van der Waals surface area contributed by atoms with Crippen molar-refractivity contribution >= 4 is 50.8 Å². The molecule has 0 fully saturated rings. The molecular weight excluding hydrogens is 396 g/mol. The molecule has 0 saturated carbocycles. The monoisotopic (exact) mass is 408 g/mol. The van der Waals surface area contributed by atoms with Crippen molar-refractivity contribution < 1.29 is 19.4 Å². The van der Waals surface area contributed by atoms with E-state index in [0.29, 0.717) is 10.2 Å². The summed E-state index contributed by atoms with van der Waals surface area (Å²) in [7, 11) is 0. The molecule has 0 saturated heterocycles. The molecule has 0 radical (unpaired) electrons. The normalized spacial score (nSPS) is 9.88. The molecule has 6 nitrogen and oxygen atoms in total. The number of carbonyl (C=O) groups excluding carboxylic acids is 1. The molecule has 8 heteroatoms. The van der Waals surface area contributed by atoms with Gasteiger partial charge in [0.2, 0.25) is 0 Å². The van der Waals surface area contributed by atoms with Gasteiger partial charge in [-0.25, -0.2) is 4.79 Å². The Morgan fingerprint density at radius 3 is 2.54 bits per heavy atom. The molecule has 0 aliphatic heterocycles. The average Bonchev–Trinajstić information content (AvgIpc) is 2.55. The minimum Gasteiger partial charge on any atom is -0.484 e. The summed E-state index contributed by atoms with van der Waals surface area (Å²) >= 11 is 8.22. The maximum Gasteiger partial charge on any atom is 0.337 e.